The molecule has 8 heteroatoms. The van der Waals surface area contributed by atoms with Gasteiger partial charge in [-0.25, -0.2) is 4.98 Å². The molecule has 1 unspecified atom stereocenters. The highest BCUT2D eigenvalue weighted by molar-refractivity contribution is 7.87. The lowest BCUT2D eigenvalue weighted by Gasteiger charge is -2.17. The van der Waals surface area contributed by atoms with Crippen LogP contribution in [0.25, 0.3) is 0 Å². The molecule has 0 bridgehead atoms. The van der Waals surface area contributed by atoms with E-state index in [1.54, 1.807) is 19.1 Å². The molecule has 1 aliphatic heterocycles. The Morgan fingerprint density at radius 1 is 1.50 bits per heavy atom. The van der Waals surface area contributed by atoms with Gasteiger partial charge >= 0.3 is 10.2 Å². The van der Waals surface area contributed by atoms with E-state index in [0.717, 1.165) is 4.90 Å². The maximum absolute atomic E-state index is 12.9. The number of amides is 1. The molecular formula is C10H10ClFN2O3S. The molecule has 0 spiro atoms. The van der Waals surface area contributed by atoms with Crippen molar-refractivity contribution in [2.24, 2.45) is 0 Å². The molecule has 0 aromatic carbocycles. The van der Waals surface area contributed by atoms with Gasteiger partial charge < -0.3 is 4.90 Å². The smallest absolute Gasteiger partial charge is 0.307 e. The highest BCUT2D eigenvalue weighted by Crippen LogP contribution is 2.30. The highest BCUT2D eigenvalue weighted by Gasteiger charge is 2.39. The number of pyridine rings is 1. The van der Waals surface area contributed by atoms with E-state index < -0.39 is 21.4 Å². The molecule has 2 rings (SSSR count). The maximum atomic E-state index is 12.9. The lowest BCUT2D eigenvalue weighted by molar-refractivity contribution is -0.117. The van der Waals surface area contributed by atoms with E-state index in [1.165, 1.54) is 0 Å². The van der Waals surface area contributed by atoms with Gasteiger partial charge in [-0.05, 0) is 19.1 Å². The minimum absolute atomic E-state index is 0.0975. The minimum Gasteiger partial charge on any atom is -0.308 e. The summed E-state index contributed by atoms with van der Waals surface area (Å²) in [6.07, 6.45) is -0.372. The van der Waals surface area contributed by atoms with Gasteiger partial charge in [0.25, 0.3) is 0 Å². The second kappa shape index (κ2) is 4.47. The average Bonchev–Trinajstić information content (AvgIpc) is 2.60. The van der Waals surface area contributed by atoms with Gasteiger partial charge in [-0.2, -0.15) is 8.42 Å². The summed E-state index contributed by atoms with van der Waals surface area (Å²) < 4.78 is 34.5. The van der Waals surface area contributed by atoms with Crippen LogP contribution in [0.4, 0.5) is 9.57 Å². The number of anilines is 1. The van der Waals surface area contributed by atoms with E-state index >= 15 is 0 Å². The lowest BCUT2D eigenvalue weighted by atomic mass is 10.3. The molecule has 1 saturated heterocycles. The molecule has 5 nitrogen and oxygen atoms in total. The molecule has 0 aliphatic carbocycles. The van der Waals surface area contributed by atoms with Gasteiger partial charge in [-0.15, -0.1) is 3.89 Å². The first-order valence-electron chi connectivity index (χ1n) is 5.16. The van der Waals surface area contributed by atoms with Crippen molar-refractivity contribution >= 4 is 33.4 Å². The fourth-order valence-electron chi connectivity index (χ4n) is 1.82. The summed E-state index contributed by atoms with van der Waals surface area (Å²) in [7, 11) is -4.72. The molecule has 0 N–H and O–H groups in total. The summed E-state index contributed by atoms with van der Waals surface area (Å²) in [6, 6.07) is 3.21. The average molecular weight is 293 g/mol. The number of halogens is 2. The zero-order chi connectivity index (χ0) is 13.5. The van der Waals surface area contributed by atoms with Crippen LogP contribution < -0.4 is 4.90 Å². The van der Waals surface area contributed by atoms with Gasteiger partial charge in [0.2, 0.25) is 5.91 Å². The fraction of sp³-hybridized carbons (Fsp3) is 0.400. The van der Waals surface area contributed by atoms with Crippen LogP contribution >= 0.6 is 11.6 Å². The molecular weight excluding hydrogens is 283 g/mol. The second-order valence-corrected chi connectivity index (χ2v) is 6.04. The fourth-order valence-corrected chi connectivity index (χ4v) is 2.78. The van der Waals surface area contributed by atoms with Crippen LogP contribution in [-0.4, -0.2) is 31.1 Å². The first-order chi connectivity index (χ1) is 8.29. The van der Waals surface area contributed by atoms with Crippen molar-refractivity contribution < 1.29 is 17.1 Å². The van der Waals surface area contributed by atoms with E-state index in [1.807, 2.05) is 0 Å². The Bertz CT molecular complexity index is 605. The van der Waals surface area contributed by atoms with Gasteiger partial charge in [0.1, 0.15) is 5.25 Å². The molecule has 1 aromatic heterocycles. The topological polar surface area (TPSA) is 67.3 Å². The first-order valence-corrected chi connectivity index (χ1v) is 6.98. The Hall–Kier alpha value is -1.21. The Balaban J connectivity index is 2.33. The van der Waals surface area contributed by atoms with Gasteiger partial charge in [-0.1, -0.05) is 11.6 Å². The first kappa shape index (κ1) is 13.2. The molecule has 18 heavy (non-hydrogen) atoms. The van der Waals surface area contributed by atoms with Crippen molar-refractivity contribution in [2.45, 2.75) is 18.6 Å². The van der Waals surface area contributed by atoms with Crippen LogP contribution in [0.5, 0.6) is 0 Å². The van der Waals surface area contributed by atoms with Crippen molar-refractivity contribution in [1.82, 2.24) is 4.98 Å². The van der Waals surface area contributed by atoms with Crippen LogP contribution in [0, 0.1) is 6.92 Å². The van der Waals surface area contributed by atoms with E-state index in [4.69, 9.17) is 11.6 Å². The molecule has 0 saturated carbocycles. The zero-order valence-corrected chi connectivity index (χ0v) is 11.0. The molecule has 2 heterocycles. The van der Waals surface area contributed by atoms with Crippen LogP contribution in [0.1, 0.15) is 12.1 Å². The number of aromatic nitrogens is 1. The van der Waals surface area contributed by atoms with Gasteiger partial charge in [0.15, 0.2) is 5.15 Å². The number of nitrogens with zero attached hydrogens (tertiary/aromatic N) is 2. The summed E-state index contributed by atoms with van der Waals surface area (Å²) in [6.45, 7) is 1.50. The normalized spacial score (nSPS) is 20.5. The summed E-state index contributed by atoms with van der Waals surface area (Å²) in [5, 5.41) is -1.23. The lowest BCUT2D eigenvalue weighted by Crippen LogP contribution is -2.27. The van der Waals surface area contributed by atoms with Crippen molar-refractivity contribution in [3.63, 3.8) is 0 Å². The quantitative estimate of drug-likeness (QED) is 0.611. The summed E-state index contributed by atoms with van der Waals surface area (Å²) >= 11 is 5.89. The monoisotopic (exact) mass is 292 g/mol. The molecule has 1 atom stereocenters. The standard InChI is InChI=1S/C10H10ClFN2O3S/c1-6-2-3-8(10(11)13-6)14-5-7(4-9(14)15)18(12,16)17/h2-3,7H,4-5H2,1H3. The number of rotatable bonds is 2. The largest absolute Gasteiger partial charge is 0.308 e. The van der Waals surface area contributed by atoms with Crippen molar-refractivity contribution in [1.29, 1.82) is 0 Å². The Morgan fingerprint density at radius 3 is 2.67 bits per heavy atom. The number of hydrogen-bond donors (Lipinski definition) is 0. The molecule has 1 aromatic rings. The third kappa shape index (κ3) is 2.46. The Labute approximate surface area is 109 Å². The van der Waals surface area contributed by atoms with Gasteiger partial charge in [0.05, 0.1) is 5.69 Å². The number of carbonyl (C=O) groups excluding carboxylic acids is 1. The third-order valence-corrected chi connectivity index (χ3v) is 4.14. The highest BCUT2D eigenvalue weighted by atomic mass is 35.5. The van der Waals surface area contributed by atoms with Gasteiger partial charge in [0, 0.05) is 18.7 Å². The van der Waals surface area contributed by atoms with Gasteiger partial charge in [-0.3, -0.25) is 4.79 Å². The van der Waals surface area contributed by atoms with Crippen LogP contribution in [-0.2, 0) is 15.0 Å². The number of aryl methyl sites for hydroxylation is 1. The Kier molecular flexibility index (Phi) is 3.29. The van der Waals surface area contributed by atoms with Crippen LogP contribution in [0.15, 0.2) is 12.1 Å². The summed E-state index contributed by atoms with van der Waals surface area (Å²) in [5.74, 6) is -0.478. The summed E-state index contributed by atoms with van der Waals surface area (Å²) in [4.78, 5) is 16.8. The second-order valence-electron chi connectivity index (χ2n) is 4.07. The zero-order valence-electron chi connectivity index (χ0n) is 9.43. The molecule has 1 amide bonds. The Morgan fingerprint density at radius 2 is 2.17 bits per heavy atom. The predicted octanol–water partition coefficient (Wildman–Crippen LogP) is 1.45. The maximum Gasteiger partial charge on any atom is 0.307 e. The van der Waals surface area contributed by atoms with Crippen LogP contribution in [0.2, 0.25) is 5.15 Å². The molecule has 1 aliphatic rings. The molecule has 1 fully saturated rings. The SMILES string of the molecule is Cc1ccc(N2CC(S(=O)(=O)F)CC2=O)c(Cl)n1. The predicted molar refractivity (Wildman–Crippen MR) is 64.8 cm³/mol. The third-order valence-electron chi connectivity index (χ3n) is 2.75. The van der Waals surface area contributed by atoms with Crippen molar-refractivity contribution in [3.8, 4) is 0 Å². The minimum atomic E-state index is -4.72. The van der Waals surface area contributed by atoms with Crippen LogP contribution in [0.3, 0.4) is 0 Å². The van der Waals surface area contributed by atoms with E-state index in [-0.39, 0.29) is 18.1 Å². The molecule has 98 valence electrons. The van der Waals surface area contributed by atoms with E-state index in [0.29, 0.717) is 11.4 Å². The van der Waals surface area contributed by atoms with E-state index in [2.05, 4.69) is 4.98 Å². The number of hydrogen-bond acceptors (Lipinski definition) is 4. The summed E-state index contributed by atoms with van der Waals surface area (Å²) in [5.41, 5.74) is 0.975. The van der Waals surface area contributed by atoms with E-state index in [9.17, 15) is 17.1 Å². The number of carbonyl (C=O) groups is 1. The molecule has 0 radical (unpaired) electrons. The van der Waals surface area contributed by atoms with Crippen molar-refractivity contribution in [2.75, 3.05) is 11.4 Å². The van der Waals surface area contributed by atoms with Crippen molar-refractivity contribution in [3.05, 3.63) is 23.0 Å².